The molecule has 3 aromatic carbocycles. The summed E-state index contributed by atoms with van der Waals surface area (Å²) in [4.78, 5) is 10.9. The first-order valence-corrected chi connectivity index (χ1v) is 7.93. The van der Waals surface area contributed by atoms with Crippen LogP contribution in [0.15, 0.2) is 65.1 Å². The Morgan fingerprint density at radius 1 is 0.909 bits per heavy atom. The van der Waals surface area contributed by atoms with E-state index in [0.717, 1.165) is 31.9 Å². The number of aliphatic carboxylic acids is 1. The van der Waals surface area contributed by atoms with Crippen molar-refractivity contribution in [2.45, 2.75) is 12.8 Å². The lowest BCUT2D eigenvalue weighted by Gasteiger charge is -2.13. The van der Waals surface area contributed by atoms with Gasteiger partial charge in [-0.2, -0.15) is 0 Å². The third kappa shape index (κ3) is 3.04. The number of aryl methyl sites for hydroxylation is 1. The van der Waals surface area contributed by atoms with E-state index in [1.807, 2.05) is 30.3 Å². The minimum Gasteiger partial charge on any atom is -0.481 e. The van der Waals surface area contributed by atoms with Crippen LogP contribution in [0.25, 0.3) is 21.9 Å². The number of carbonyl (C=O) groups is 1. The van der Waals surface area contributed by atoms with Crippen molar-refractivity contribution in [3.05, 3.63) is 70.7 Å². The molecule has 0 bridgehead atoms. The van der Waals surface area contributed by atoms with Crippen molar-refractivity contribution in [3.8, 4) is 11.1 Å². The molecule has 0 aromatic heterocycles. The van der Waals surface area contributed by atoms with E-state index in [-0.39, 0.29) is 6.42 Å². The van der Waals surface area contributed by atoms with E-state index in [4.69, 9.17) is 5.11 Å². The summed E-state index contributed by atoms with van der Waals surface area (Å²) in [5.41, 5.74) is 3.24. The number of carboxylic acids is 1. The summed E-state index contributed by atoms with van der Waals surface area (Å²) < 4.78 is 1.02. The van der Waals surface area contributed by atoms with Gasteiger partial charge in [-0.25, -0.2) is 0 Å². The fourth-order valence-corrected chi connectivity index (χ4v) is 3.16. The Kier molecular flexibility index (Phi) is 4.25. The number of benzene rings is 3. The number of hydrogen-bond donors (Lipinski definition) is 1. The summed E-state index contributed by atoms with van der Waals surface area (Å²) in [7, 11) is 0. The first-order chi connectivity index (χ1) is 10.6. The Labute approximate surface area is 137 Å². The van der Waals surface area contributed by atoms with Gasteiger partial charge in [-0.15, -0.1) is 0 Å². The topological polar surface area (TPSA) is 37.3 Å². The SMILES string of the molecule is O=C(O)CCc1cc2ccccc2cc1-c1ccccc1Br. The molecule has 0 unspecified atom stereocenters. The molecule has 0 aliphatic heterocycles. The van der Waals surface area contributed by atoms with Crippen molar-refractivity contribution >= 4 is 32.7 Å². The quantitative estimate of drug-likeness (QED) is 0.691. The second-order valence-corrected chi connectivity index (χ2v) is 6.08. The summed E-state index contributed by atoms with van der Waals surface area (Å²) in [6.45, 7) is 0. The Balaban J connectivity index is 2.19. The molecular weight excluding hydrogens is 340 g/mol. The lowest BCUT2D eigenvalue weighted by molar-refractivity contribution is -0.136. The molecule has 0 aliphatic carbocycles. The molecule has 110 valence electrons. The van der Waals surface area contributed by atoms with Crippen molar-refractivity contribution in [1.82, 2.24) is 0 Å². The first-order valence-electron chi connectivity index (χ1n) is 7.13. The predicted molar refractivity (Wildman–Crippen MR) is 93.0 cm³/mol. The average molecular weight is 355 g/mol. The van der Waals surface area contributed by atoms with E-state index in [0.29, 0.717) is 6.42 Å². The molecule has 0 amide bonds. The third-order valence-electron chi connectivity index (χ3n) is 3.74. The fourth-order valence-electron chi connectivity index (χ4n) is 2.67. The van der Waals surface area contributed by atoms with Gasteiger partial charge >= 0.3 is 5.97 Å². The number of hydrogen-bond acceptors (Lipinski definition) is 1. The van der Waals surface area contributed by atoms with Crippen molar-refractivity contribution in [1.29, 1.82) is 0 Å². The van der Waals surface area contributed by atoms with Crippen molar-refractivity contribution in [2.75, 3.05) is 0 Å². The Morgan fingerprint density at radius 2 is 1.55 bits per heavy atom. The molecule has 3 heteroatoms. The standard InChI is InChI=1S/C19H15BrO2/c20-18-8-4-3-7-16(18)17-12-14-6-2-1-5-13(14)11-15(17)9-10-19(21)22/h1-8,11-12H,9-10H2,(H,21,22). The summed E-state index contributed by atoms with van der Waals surface area (Å²) in [6.07, 6.45) is 0.659. The van der Waals surface area contributed by atoms with Gasteiger partial charge in [0.1, 0.15) is 0 Å². The highest BCUT2D eigenvalue weighted by Gasteiger charge is 2.11. The van der Waals surface area contributed by atoms with Gasteiger partial charge in [-0.3, -0.25) is 4.79 Å². The lowest BCUT2D eigenvalue weighted by Crippen LogP contribution is -1.99. The molecule has 1 N–H and O–H groups in total. The maximum Gasteiger partial charge on any atom is 0.303 e. The molecule has 3 aromatic rings. The van der Waals surface area contributed by atoms with Crippen LogP contribution in [0.1, 0.15) is 12.0 Å². The van der Waals surface area contributed by atoms with Gasteiger partial charge in [-0.05, 0) is 46.0 Å². The fraction of sp³-hybridized carbons (Fsp3) is 0.105. The number of rotatable bonds is 4. The minimum absolute atomic E-state index is 0.135. The maximum atomic E-state index is 10.9. The zero-order valence-corrected chi connectivity index (χ0v) is 13.5. The van der Waals surface area contributed by atoms with Crippen molar-refractivity contribution in [3.63, 3.8) is 0 Å². The summed E-state index contributed by atoms with van der Waals surface area (Å²) >= 11 is 3.59. The van der Waals surface area contributed by atoms with Gasteiger partial charge < -0.3 is 5.11 Å². The summed E-state index contributed by atoms with van der Waals surface area (Å²) in [5, 5.41) is 11.3. The third-order valence-corrected chi connectivity index (χ3v) is 4.44. The van der Waals surface area contributed by atoms with Gasteiger partial charge in [0.15, 0.2) is 0 Å². The minimum atomic E-state index is -0.772. The van der Waals surface area contributed by atoms with Gasteiger partial charge in [0.25, 0.3) is 0 Å². The molecule has 0 spiro atoms. The van der Waals surface area contributed by atoms with Crippen LogP contribution in [-0.4, -0.2) is 11.1 Å². The smallest absolute Gasteiger partial charge is 0.303 e. The zero-order valence-electron chi connectivity index (χ0n) is 11.9. The van der Waals surface area contributed by atoms with E-state index in [9.17, 15) is 4.79 Å². The van der Waals surface area contributed by atoms with Crippen LogP contribution in [-0.2, 0) is 11.2 Å². The van der Waals surface area contributed by atoms with Gasteiger partial charge in [-0.1, -0.05) is 64.5 Å². The molecule has 0 radical (unpaired) electrons. The van der Waals surface area contributed by atoms with Crippen LogP contribution < -0.4 is 0 Å². The largest absolute Gasteiger partial charge is 0.481 e. The zero-order chi connectivity index (χ0) is 15.5. The van der Waals surface area contributed by atoms with Crippen LogP contribution in [0.5, 0.6) is 0 Å². The normalized spacial score (nSPS) is 10.8. The van der Waals surface area contributed by atoms with E-state index < -0.39 is 5.97 Å². The molecule has 2 nitrogen and oxygen atoms in total. The van der Waals surface area contributed by atoms with Gasteiger partial charge in [0.05, 0.1) is 0 Å². The van der Waals surface area contributed by atoms with Crippen molar-refractivity contribution < 1.29 is 9.90 Å². The molecule has 0 aliphatic rings. The molecule has 22 heavy (non-hydrogen) atoms. The van der Waals surface area contributed by atoms with Gasteiger partial charge in [0, 0.05) is 10.9 Å². The first kappa shape index (κ1) is 14.8. The maximum absolute atomic E-state index is 10.9. The van der Waals surface area contributed by atoms with E-state index >= 15 is 0 Å². The van der Waals surface area contributed by atoms with Crippen LogP contribution in [0.4, 0.5) is 0 Å². The second kappa shape index (κ2) is 6.32. The second-order valence-electron chi connectivity index (χ2n) is 5.23. The Bertz CT molecular complexity index is 840. The summed E-state index contributed by atoms with van der Waals surface area (Å²) in [5.74, 6) is -0.772. The van der Waals surface area contributed by atoms with E-state index in [2.05, 4.69) is 46.3 Å². The number of halogens is 1. The highest BCUT2D eigenvalue weighted by molar-refractivity contribution is 9.10. The van der Waals surface area contributed by atoms with E-state index in [1.54, 1.807) is 0 Å². The molecular formula is C19H15BrO2. The van der Waals surface area contributed by atoms with E-state index in [1.165, 1.54) is 0 Å². The highest BCUT2D eigenvalue weighted by atomic mass is 79.9. The molecule has 0 fully saturated rings. The molecule has 0 atom stereocenters. The van der Waals surface area contributed by atoms with Crippen LogP contribution >= 0.6 is 15.9 Å². The number of carboxylic acid groups (broad SMARTS) is 1. The Hall–Kier alpha value is -2.13. The highest BCUT2D eigenvalue weighted by Crippen LogP contribution is 2.34. The number of fused-ring (bicyclic) bond motifs is 1. The molecule has 3 rings (SSSR count). The van der Waals surface area contributed by atoms with Crippen LogP contribution in [0.2, 0.25) is 0 Å². The molecule has 0 saturated carbocycles. The Morgan fingerprint density at radius 3 is 2.23 bits per heavy atom. The monoisotopic (exact) mass is 354 g/mol. The average Bonchev–Trinajstić information content (AvgIpc) is 2.52. The predicted octanol–water partition coefficient (Wildman–Crippen LogP) is 5.29. The molecule has 0 heterocycles. The summed E-state index contributed by atoms with van der Waals surface area (Å²) in [6, 6.07) is 20.4. The van der Waals surface area contributed by atoms with Gasteiger partial charge in [0.2, 0.25) is 0 Å². The van der Waals surface area contributed by atoms with Crippen LogP contribution in [0.3, 0.4) is 0 Å². The van der Waals surface area contributed by atoms with Crippen molar-refractivity contribution in [2.24, 2.45) is 0 Å². The lowest BCUT2D eigenvalue weighted by atomic mass is 9.93. The molecule has 0 saturated heterocycles. The van der Waals surface area contributed by atoms with Crippen LogP contribution in [0, 0.1) is 0 Å².